The van der Waals surface area contributed by atoms with Crippen LogP contribution in [0.2, 0.25) is 0 Å². The fourth-order valence-corrected chi connectivity index (χ4v) is 3.25. The molecule has 1 aromatic heterocycles. The Hall–Kier alpha value is -2.61. The normalized spacial score (nSPS) is 20.0. The highest BCUT2D eigenvalue weighted by Crippen LogP contribution is 2.38. The van der Waals surface area contributed by atoms with Crippen LogP contribution in [-0.2, 0) is 0 Å². The summed E-state index contributed by atoms with van der Waals surface area (Å²) in [7, 11) is 0. The van der Waals surface area contributed by atoms with Gasteiger partial charge in [0.15, 0.2) is 0 Å². The van der Waals surface area contributed by atoms with E-state index in [1.54, 1.807) is 6.20 Å². The van der Waals surface area contributed by atoms with Gasteiger partial charge in [0, 0.05) is 18.2 Å². The third-order valence-corrected chi connectivity index (χ3v) is 4.71. The number of aromatic nitrogens is 2. The molecule has 2 fully saturated rings. The molecule has 0 N–H and O–H groups in total. The van der Waals surface area contributed by atoms with Gasteiger partial charge in [-0.3, -0.25) is 0 Å². The second-order valence-corrected chi connectivity index (χ2v) is 6.47. The third kappa shape index (κ3) is 3.05. The smallest absolute Gasteiger partial charge is 0.235 e. The molecule has 1 aliphatic heterocycles. The summed E-state index contributed by atoms with van der Waals surface area (Å²) in [5, 5.41) is 9.27. The minimum atomic E-state index is 0.318. The highest BCUT2D eigenvalue weighted by Gasteiger charge is 2.29. The van der Waals surface area contributed by atoms with Gasteiger partial charge in [0.05, 0.1) is 12.2 Å². The Morgan fingerprint density at radius 2 is 2.04 bits per heavy atom. The van der Waals surface area contributed by atoms with E-state index in [1.807, 2.05) is 6.07 Å². The van der Waals surface area contributed by atoms with Gasteiger partial charge < -0.3 is 9.64 Å². The van der Waals surface area contributed by atoms with Crippen molar-refractivity contribution in [2.45, 2.75) is 37.6 Å². The van der Waals surface area contributed by atoms with E-state index >= 15 is 0 Å². The van der Waals surface area contributed by atoms with Crippen molar-refractivity contribution in [3.8, 4) is 11.9 Å². The second-order valence-electron chi connectivity index (χ2n) is 6.47. The van der Waals surface area contributed by atoms with Crippen LogP contribution in [-0.4, -0.2) is 29.2 Å². The predicted molar refractivity (Wildman–Crippen MR) is 91.0 cm³/mol. The Bertz CT molecular complexity index is 752. The number of rotatable bonds is 5. The van der Waals surface area contributed by atoms with Crippen molar-refractivity contribution in [1.29, 1.82) is 5.26 Å². The number of hydrogen-bond acceptors (Lipinski definition) is 5. The fourth-order valence-electron chi connectivity index (χ4n) is 3.25. The first kappa shape index (κ1) is 14.9. The molecule has 1 unspecified atom stereocenters. The Labute approximate surface area is 141 Å². The van der Waals surface area contributed by atoms with Crippen LogP contribution >= 0.6 is 0 Å². The van der Waals surface area contributed by atoms with Crippen LogP contribution in [0.4, 0.5) is 5.69 Å². The van der Waals surface area contributed by atoms with Gasteiger partial charge in [-0.15, -0.1) is 0 Å². The highest BCUT2D eigenvalue weighted by atomic mass is 16.5. The summed E-state index contributed by atoms with van der Waals surface area (Å²) in [4.78, 5) is 11.2. The molecule has 4 rings (SSSR count). The molecule has 2 aromatic rings. The minimum Gasteiger partial charge on any atom is -0.474 e. The van der Waals surface area contributed by atoms with E-state index < -0.39 is 0 Å². The van der Waals surface area contributed by atoms with Crippen LogP contribution in [0, 0.1) is 11.3 Å². The molecule has 0 spiro atoms. The van der Waals surface area contributed by atoms with Gasteiger partial charge in [-0.2, -0.15) is 10.2 Å². The zero-order valence-corrected chi connectivity index (χ0v) is 13.6. The third-order valence-electron chi connectivity index (χ3n) is 4.71. The molecule has 1 atom stereocenters. The Balaban J connectivity index is 1.48. The van der Waals surface area contributed by atoms with Crippen molar-refractivity contribution in [3.63, 3.8) is 0 Å². The van der Waals surface area contributed by atoms with Gasteiger partial charge in [-0.1, -0.05) is 18.2 Å². The summed E-state index contributed by atoms with van der Waals surface area (Å²) in [6.07, 6.45) is 6.12. The molecule has 1 aromatic carbocycles. The van der Waals surface area contributed by atoms with Crippen molar-refractivity contribution in [1.82, 2.24) is 9.97 Å². The molecule has 2 aliphatic rings. The summed E-state index contributed by atoms with van der Waals surface area (Å²) < 4.78 is 5.97. The van der Waals surface area contributed by atoms with E-state index in [9.17, 15) is 5.26 Å². The van der Waals surface area contributed by atoms with E-state index in [0.717, 1.165) is 38.1 Å². The maximum Gasteiger partial charge on any atom is 0.235 e. The standard InChI is InChI=1S/C19H20N4O/c20-11-15-12-21-18(14-8-9-14)22-19(15)24-13-17-7-4-10-23(17)16-5-2-1-3-6-16/h1-3,5-6,12,14,17H,4,7-10,13H2. The summed E-state index contributed by atoms with van der Waals surface area (Å²) >= 11 is 0. The van der Waals surface area contributed by atoms with Crippen LogP contribution in [0.3, 0.4) is 0 Å². The molecular weight excluding hydrogens is 300 g/mol. The van der Waals surface area contributed by atoms with Crippen LogP contribution in [0.15, 0.2) is 36.5 Å². The molecule has 0 bridgehead atoms. The van der Waals surface area contributed by atoms with Gasteiger partial charge in [0.2, 0.25) is 5.88 Å². The summed E-state index contributed by atoms with van der Waals surface area (Å²) in [6.45, 7) is 1.59. The van der Waals surface area contributed by atoms with E-state index in [1.165, 1.54) is 5.69 Å². The van der Waals surface area contributed by atoms with Gasteiger partial charge in [-0.25, -0.2) is 4.98 Å². The molecule has 122 valence electrons. The Morgan fingerprint density at radius 1 is 1.21 bits per heavy atom. The first-order chi connectivity index (χ1) is 11.8. The number of nitrogens with zero attached hydrogens (tertiary/aromatic N) is 4. The number of hydrogen-bond donors (Lipinski definition) is 0. The lowest BCUT2D eigenvalue weighted by Gasteiger charge is -2.26. The first-order valence-corrected chi connectivity index (χ1v) is 8.56. The molecule has 1 saturated heterocycles. The van der Waals surface area contributed by atoms with Crippen molar-refractivity contribution in [2.24, 2.45) is 0 Å². The first-order valence-electron chi connectivity index (χ1n) is 8.56. The Morgan fingerprint density at radius 3 is 2.79 bits per heavy atom. The van der Waals surface area contributed by atoms with Gasteiger partial charge in [0.25, 0.3) is 0 Å². The van der Waals surface area contributed by atoms with Crippen LogP contribution < -0.4 is 9.64 Å². The summed E-state index contributed by atoms with van der Waals surface area (Å²) in [5.41, 5.74) is 1.65. The maximum absolute atomic E-state index is 9.27. The maximum atomic E-state index is 9.27. The lowest BCUT2D eigenvalue weighted by Crippen LogP contribution is -2.34. The molecule has 5 nitrogen and oxygen atoms in total. The van der Waals surface area contributed by atoms with E-state index in [2.05, 4.69) is 45.2 Å². The molecule has 0 amide bonds. The lowest BCUT2D eigenvalue weighted by molar-refractivity contribution is 0.276. The molecule has 2 heterocycles. The van der Waals surface area contributed by atoms with E-state index in [-0.39, 0.29) is 0 Å². The average Bonchev–Trinajstić information content (AvgIpc) is 3.38. The van der Waals surface area contributed by atoms with E-state index in [4.69, 9.17) is 4.74 Å². The molecule has 0 radical (unpaired) electrons. The van der Waals surface area contributed by atoms with Crippen LogP contribution in [0.1, 0.15) is 43.0 Å². The number of para-hydroxylation sites is 1. The Kier molecular flexibility index (Phi) is 4.04. The highest BCUT2D eigenvalue weighted by molar-refractivity contribution is 5.48. The van der Waals surface area contributed by atoms with Crippen LogP contribution in [0.25, 0.3) is 0 Å². The lowest BCUT2D eigenvalue weighted by atomic mass is 10.2. The number of benzene rings is 1. The van der Waals surface area contributed by atoms with E-state index in [0.29, 0.717) is 30.0 Å². The number of ether oxygens (including phenoxy) is 1. The fraction of sp³-hybridized carbons (Fsp3) is 0.421. The average molecular weight is 320 g/mol. The van der Waals surface area contributed by atoms with Gasteiger partial charge >= 0.3 is 0 Å². The summed E-state index contributed by atoms with van der Waals surface area (Å²) in [6, 6.07) is 12.9. The minimum absolute atomic E-state index is 0.318. The SMILES string of the molecule is N#Cc1cnc(C2CC2)nc1OCC1CCCN1c1ccccc1. The molecule has 1 saturated carbocycles. The molecular formula is C19H20N4O. The van der Waals surface area contributed by atoms with Crippen molar-refractivity contribution >= 4 is 5.69 Å². The largest absolute Gasteiger partial charge is 0.474 e. The number of anilines is 1. The quantitative estimate of drug-likeness (QED) is 0.846. The predicted octanol–water partition coefficient (Wildman–Crippen LogP) is 3.27. The summed E-state index contributed by atoms with van der Waals surface area (Å²) in [5.74, 6) is 1.71. The van der Waals surface area contributed by atoms with Gasteiger partial charge in [0.1, 0.15) is 24.1 Å². The second kappa shape index (κ2) is 6.48. The van der Waals surface area contributed by atoms with Crippen LogP contribution in [0.5, 0.6) is 5.88 Å². The molecule has 24 heavy (non-hydrogen) atoms. The van der Waals surface area contributed by atoms with Crippen molar-refractivity contribution < 1.29 is 4.74 Å². The zero-order chi connectivity index (χ0) is 16.4. The van der Waals surface area contributed by atoms with Crippen molar-refractivity contribution in [2.75, 3.05) is 18.1 Å². The zero-order valence-electron chi connectivity index (χ0n) is 13.6. The van der Waals surface area contributed by atoms with Gasteiger partial charge in [-0.05, 0) is 37.8 Å². The van der Waals surface area contributed by atoms with Crippen molar-refractivity contribution in [3.05, 3.63) is 47.9 Å². The molecule has 1 aliphatic carbocycles. The number of nitriles is 1. The topological polar surface area (TPSA) is 62.0 Å². The monoisotopic (exact) mass is 320 g/mol. The molecule has 5 heteroatoms.